The van der Waals surface area contributed by atoms with E-state index >= 15 is 0 Å². The van der Waals surface area contributed by atoms with Crippen LogP contribution in [0.1, 0.15) is 12.1 Å². The standard InChI is InChI=1S/C12H18N4O3S2.ClH/c1-7-11(20-6-9(13)17)21-12(15-7)16-10(18)4-8-5-19-3-2-14-8;/h8,14H,2-6H2,1H3,(H2,13,17)(H,15,16,18);1H. The Hall–Kier alpha value is -0.870. The first-order valence-electron chi connectivity index (χ1n) is 6.54. The number of thiazole rings is 1. The van der Waals surface area contributed by atoms with Gasteiger partial charge in [0.05, 0.1) is 28.9 Å². The average Bonchev–Trinajstić information content (AvgIpc) is 2.77. The van der Waals surface area contributed by atoms with Gasteiger partial charge >= 0.3 is 0 Å². The lowest BCUT2D eigenvalue weighted by molar-refractivity contribution is -0.117. The number of anilines is 1. The number of morpholine rings is 1. The maximum Gasteiger partial charge on any atom is 0.227 e. The molecule has 124 valence electrons. The summed E-state index contributed by atoms with van der Waals surface area (Å²) in [7, 11) is 0. The maximum atomic E-state index is 11.9. The molecule has 22 heavy (non-hydrogen) atoms. The summed E-state index contributed by atoms with van der Waals surface area (Å²) in [4.78, 5) is 27.0. The number of rotatable bonds is 6. The highest BCUT2D eigenvalue weighted by Crippen LogP contribution is 2.31. The van der Waals surface area contributed by atoms with E-state index in [0.29, 0.717) is 24.8 Å². The van der Waals surface area contributed by atoms with E-state index in [1.165, 1.54) is 23.1 Å². The molecule has 2 heterocycles. The zero-order chi connectivity index (χ0) is 15.2. The number of aryl methyl sites for hydroxylation is 1. The van der Waals surface area contributed by atoms with Crippen molar-refractivity contribution >= 4 is 52.5 Å². The number of hydrogen-bond donors (Lipinski definition) is 3. The first kappa shape index (κ1) is 19.2. The van der Waals surface area contributed by atoms with Crippen LogP contribution in [-0.4, -0.2) is 48.4 Å². The number of carbonyl (C=O) groups is 2. The largest absolute Gasteiger partial charge is 0.378 e. The van der Waals surface area contributed by atoms with Crippen LogP contribution in [0.5, 0.6) is 0 Å². The van der Waals surface area contributed by atoms with Crippen molar-refractivity contribution in [2.75, 3.05) is 30.8 Å². The average molecular weight is 367 g/mol. The van der Waals surface area contributed by atoms with E-state index in [0.717, 1.165) is 16.4 Å². The molecule has 0 saturated carbocycles. The number of carbonyl (C=O) groups excluding carboxylic acids is 2. The summed E-state index contributed by atoms with van der Waals surface area (Å²) in [5.74, 6) is -0.264. The van der Waals surface area contributed by atoms with Crippen molar-refractivity contribution in [2.45, 2.75) is 23.6 Å². The monoisotopic (exact) mass is 366 g/mol. The molecular weight excluding hydrogens is 348 g/mol. The van der Waals surface area contributed by atoms with E-state index in [-0.39, 0.29) is 36.0 Å². The van der Waals surface area contributed by atoms with E-state index in [9.17, 15) is 9.59 Å². The fourth-order valence-electron chi connectivity index (χ4n) is 1.85. The number of amides is 2. The Kier molecular flexibility index (Phi) is 8.12. The Balaban J connectivity index is 0.00000242. The van der Waals surface area contributed by atoms with Gasteiger partial charge in [0.1, 0.15) is 0 Å². The van der Waals surface area contributed by atoms with Crippen LogP contribution in [0.25, 0.3) is 0 Å². The third-order valence-electron chi connectivity index (χ3n) is 2.78. The Morgan fingerprint density at radius 3 is 3.00 bits per heavy atom. The van der Waals surface area contributed by atoms with Gasteiger partial charge in [0.15, 0.2) is 5.13 Å². The lowest BCUT2D eigenvalue weighted by Crippen LogP contribution is -2.43. The highest BCUT2D eigenvalue weighted by molar-refractivity contribution is 8.01. The molecule has 0 aliphatic carbocycles. The molecule has 2 amide bonds. The van der Waals surface area contributed by atoms with E-state index in [1.807, 2.05) is 6.92 Å². The minimum absolute atomic E-state index is 0. The highest BCUT2D eigenvalue weighted by Gasteiger charge is 2.18. The summed E-state index contributed by atoms with van der Waals surface area (Å²) in [6.45, 7) is 3.84. The van der Waals surface area contributed by atoms with Crippen LogP contribution < -0.4 is 16.4 Å². The van der Waals surface area contributed by atoms with Gasteiger partial charge in [-0.25, -0.2) is 4.98 Å². The van der Waals surface area contributed by atoms with Crippen molar-refractivity contribution in [3.05, 3.63) is 5.69 Å². The minimum atomic E-state index is -0.373. The molecule has 0 radical (unpaired) electrons. The Bertz CT molecular complexity index is 520. The van der Waals surface area contributed by atoms with E-state index in [4.69, 9.17) is 10.5 Å². The summed E-state index contributed by atoms with van der Waals surface area (Å²) >= 11 is 2.69. The normalized spacial score (nSPS) is 17.6. The zero-order valence-electron chi connectivity index (χ0n) is 12.1. The van der Waals surface area contributed by atoms with Gasteiger partial charge < -0.3 is 21.1 Å². The quantitative estimate of drug-likeness (QED) is 0.642. The number of nitrogens with one attached hydrogen (secondary N) is 2. The number of nitrogens with two attached hydrogens (primary N) is 1. The van der Waals surface area contributed by atoms with Crippen LogP contribution >= 0.6 is 35.5 Å². The Morgan fingerprint density at radius 2 is 2.36 bits per heavy atom. The predicted octanol–water partition coefficient (Wildman–Crippen LogP) is 0.768. The van der Waals surface area contributed by atoms with Crippen molar-refractivity contribution in [1.29, 1.82) is 0 Å². The second-order valence-electron chi connectivity index (χ2n) is 4.63. The second kappa shape index (κ2) is 9.31. The van der Waals surface area contributed by atoms with Crippen LogP contribution in [0.4, 0.5) is 5.13 Å². The lowest BCUT2D eigenvalue weighted by atomic mass is 10.2. The molecule has 1 fully saturated rings. The molecule has 0 aromatic carbocycles. The molecular formula is C12H19ClN4O3S2. The van der Waals surface area contributed by atoms with Crippen LogP contribution in [0.15, 0.2) is 4.21 Å². The number of nitrogens with zero attached hydrogens (tertiary/aromatic N) is 1. The number of aromatic nitrogens is 1. The van der Waals surface area contributed by atoms with Crippen molar-refractivity contribution in [1.82, 2.24) is 10.3 Å². The molecule has 1 unspecified atom stereocenters. The SMILES string of the molecule is Cc1nc(NC(=O)CC2COCCN2)sc1SCC(N)=O.Cl. The summed E-state index contributed by atoms with van der Waals surface area (Å²) in [6.07, 6.45) is 0.350. The summed E-state index contributed by atoms with van der Waals surface area (Å²) in [6, 6.07) is 0.0449. The number of thioether (sulfide) groups is 1. The molecule has 0 bridgehead atoms. The smallest absolute Gasteiger partial charge is 0.227 e. The van der Waals surface area contributed by atoms with Gasteiger partial charge in [-0.2, -0.15) is 0 Å². The van der Waals surface area contributed by atoms with Gasteiger partial charge in [-0.15, -0.1) is 24.2 Å². The molecule has 7 nitrogen and oxygen atoms in total. The predicted molar refractivity (Wildman–Crippen MR) is 89.9 cm³/mol. The number of hydrogen-bond acceptors (Lipinski definition) is 7. The van der Waals surface area contributed by atoms with Crippen LogP contribution in [0, 0.1) is 6.92 Å². The van der Waals surface area contributed by atoms with Gasteiger partial charge in [0.2, 0.25) is 11.8 Å². The first-order valence-corrected chi connectivity index (χ1v) is 8.34. The maximum absolute atomic E-state index is 11.9. The fraction of sp³-hybridized carbons (Fsp3) is 0.583. The van der Waals surface area contributed by atoms with Gasteiger partial charge in [-0.3, -0.25) is 9.59 Å². The fourth-order valence-corrected chi connectivity index (χ4v) is 3.74. The molecule has 1 atom stereocenters. The Labute approximate surface area is 143 Å². The molecule has 0 spiro atoms. The van der Waals surface area contributed by atoms with Crippen LogP contribution in [-0.2, 0) is 14.3 Å². The minimum Gasteiger partial charge on any atom is -0.378 e. The number of halogens is 1. The zero-order valence-corrected chi connectivity index (χ0v) is 14.5. The molecule has 1 aliphatic heterocycles. The topological polar surface area (TPSA) is 106 Å². The molecule has 10 heteroatoms. The van der Waals surface area contributed by atoms with Gasteiger partial charge in [-0.1, -0.05) is 11.3 Å². The Morgan fingerprint density at radius 1 is 1.59 bits per heavy atom. The van der Waals surface area contributed by atoms with Crippen molar-refractivity contribution in [3.8, 4) is 0 Å². The van der Waals surface area contributed by atoms with Crippen molar-refractivity contribution in [3.63, 3.8) is 0 Å². The number of ether oxygens (including phenoxy) is 1. The second-order valence-corrected chi connectivity index (χ2v) is 6.87. The highest BCUT2D eigenvalue weighted by atomic mass is 35.5. The number of primary amides is 1. The molecule has 1 saturated heterocycles. The van der Waals surface area contributed by atoms with E-state index < -0.39 is 0 Å². The van der Waals surface area contributed by atoms with Gasteiger partial charge in [0.25, 0.3) is 0 Å². The van der Waals surface area contributed by atoms with Crippen molar-refractivity contribution < 1.29 is 14.3 Å². The molecule has 4 N–H and O–H groups in total. The molecule has 1 aromatic heterocycles. The van der Waals surface area contributed by atoms with Gasteiger partial charge in [-0.05, 0) is 6.92 Å². The molecule has 1 aromatic rings. The first-order chi connectivity index (χ1) is 10.0. The molecule has 1 aliphatic rings. The van der Waals surface area contributed by atoms with E-state index in [2.05, 4.69) is 15.6 Å². The third-order valence-corrected chi connectivity index (χ3v) is 5.23. The van der Waals surface area contributed by atoms with Gasteiger partial charge in [0, 0.05) is 19.0 Å². The molecule has 2 rings (SSSR count). The van der Waals surface area contributed by atoms with Crippen LogP contribution in [0.2, 0.25) is 0 Å². The summed E-state index contributed by atoms with van der Waals surface area (Å²) in [5, 5.41) is 6.55. The lowest BCUT2D eigenvalue weighted by Gasteiger charge is -2.22. The summed E-state index contributed by atoms with van der Waals surface area (Å²) < 4.78 is 6.20. The van der Waals surface area contributed by atoms with E-state index in [1.54, 1.807) is 0 Å². The third kappa shape index (κ3) is 6.09. The van der Waals surface area contributed by atoms with Crippen molar-refractivity contribution in [2.24, 2.45) is 5.73 Å². The summed E-state index contributed by atoms with van der Waals surface area (Å²) in [5.41, 5.74) is 5.91. The van der Waals surface area contributed by atoms with Crippen LogP contribution in [0.3, 0.4) is 0 Å².